The van der Waals surface area contributed by atoms with Gasteiger partial charge >= 0.3 is 6.18 Å². The minimum Gasteiger partial charge on any atom is -0.372 e. The molecule has 7 heteroatoms. The molecule has 16 heavy (non-hydrogen) atoms. The second-order valence-electron chi connectivity index (χ2n) is 3.34. The van der Waals surface area contributed by atoms with Gasteiger partial charge in [0.15, 0.2) is 0 Å². The SMILES string of the molecule is NCc1cnn(CCCOCC(F)(F)F)c1. The first-order chi connectivity index (χ1) is 7.51. The average Bonchev–Trinajstić information content (AvgIpc) is 2.63. The number of nitrogens with zero attached hydrogens (tertiary/aromatic N) is 2. The summed E-state index contributed by atoms with van der Waals surface area (Å²) >= 11 is 0. The Morgan fingerprint density at radius 1 is 1.44 bits per heavy atom. The molecule has 0 atom stereocenters. The highest BCUT2D eigenvalue weighted by Gasteiger charge is 2.27. The molecule has 0 bridgehead atoms. The van der Waals surface area contributed by atoms with E-state index < -0.39 is 12.8 Å². The Morgan fingerprint density at radius 2 is 2.19 bits per heavy atom. The normalized spacial score (nSPS) is 12.0. The average molecular weight is 237 g/mol. The number of aryl methyl sites for hydroxylation is 1. The molecule has 0 spiro atoms. The van der Waals surface area contributed by atoms with Gasteiger partial charge in [0.1, 0.15) is 6.61 Å². The molecule has 0 aliphatic heterocycles. The Bertz CT molecular complexity index is 311. The van der Waals surface area contributed by atoms with E-state index in [0.29, 0.717) is 19.5 Å². The van der Waals surface area contributed by atoms with Gasteiger partial charge in [0.25, 0.3) is 0 Å². The predicted octanol–water partition coefficient (Wildman–Crippen LogP) is 1.31. The van der Waals surface area contributed by atoms with Crippen LogP contribution in [0.25, 0.3) is 0 Å². The fraction of sp³-hybridized carbons (Fsp3) is 0.667. The van der Waals surface area contributed by atoms with E-state index in [1.54, 1.807) is 17.1 Å². The van der Waals surface area contributed by atoms with Crippen molar-refractivity contribution in [3.8, 4) is 0 Å². The lowest BCUT2D eigenvalue weighted by Gasteiger charge is -2.07. The fourth-order valence-corrected chi connectivity index (χ4v) is 1.15. The van der Waals surface area contributed by atoms with Gasteiger partial charge in [-0.05, 0) is 6.42 Å². The van der Waals surface area contributed by atoms with Crippen molar-refractivity contribution >= 4 is 0 Å². The Hall–Kier alpha value is -1.08. The molecular formula is C9H14F3N3O. The quantitative estimate of drug-likeness (QED) is 0.759. The zero-order valence-corrected chi connectivity index (χ0v) is 8.70. The van der Waals surface area contributed by atoms with Crippen LogP contribution < -0.4 is 5.73 Å². The van der Waals surface area contributed by atoms with Crippen molar-refractivity contribution in [2.24, 2.45) is 5.73 Å². The molecule has 4 nitrogen and oxygen atoms in total. The van der Waals surface area contributed by atoms with E-state index in [1.165, 1.54) is 0 Å². The molecule has 0 aliphatic rings. The third-order valence-corrected chi connectivity index (χ3v) is 1.86. The highest BCUT2D eigenvalue weighted by atomic mass is 19.4. The minimum atomic E-state index is -4.25. The van der Waals surface area contributed by atoms with Crippen molar-refractivity contribution in [2.75, 3.05) is 13.2 Å². The van der Waals surface area contributed by atoms with E-state index in [9.17, 15) is 13.2 Å². The lowest BCUT2D eigenvalue weighted by molar-refractivity contribution is -0.174. The molecule has 1 aromatic rings. The van der Waals surface area contributed by atoms with Gasteiger partial charge in [-0.1, -0.05) is 0 Å². The van der Waals surface area contributed by atoms with E-state index in [4.69, 9.17) is 5.73 Å². The van der Waals surface area contributed by atoms with Crippen LogP contribution in [0.4, 0.5) is 13.2 Å². The number of halogens is 3. The van der Waals surface area contributed by atoms with Crippen molar-refractivity contribution in [1.29, 1.82) is 0 Å². The molecule has 0 aliphatic carbocycles. The number of hydrogen-bond acceptors (Lipinski definition) is 3. The van der Waals surface area contributed by atoms with E-state index in [2.05, 4.69) is 9.84 Å². The van der Waals surface area contributed by atoms with Crippen LogP contribution in [0.3, 0.4) is 0 Å². The Balaban J connectivity index is 2.11. The van der Waals surface area contributed by atoms with Crippen LogP contribution >= 0.6 is 0 Å². The van der Waals surface area contributed by atoms with Crippen LogP contribution in [0.2, 0.25) is 0 Å². The van der Waals surface area contributed by atoms with E-state index in [-0.39, 0.29) is 6.61 Å². The van der Waals surface area contributed by atoms with Crippen molar-refractivity contribution < 1.29 is 17.9 Å². The van der Waals surface area contributed by atoms with E-state index >= 15 is 0 Å². The van der Waals surface area contributed by atoms with Crippen LogP contribution in [0.5, 0.6) is 0 Å². The van der Waals surface area contributed by atoms with Crippen LogP contribution in [-0.2, 0) is 17.8 Å². The maximum absolute atomic E-state index is 11.7. The summed E-state index contributed by atoms with van der Waals surface area (Å²) in [6, 6.07) is 0. The summed E-state index contributed by atoms with van der Waals surface area (Å²) in [7, 11) is 0. The number of hydrogen-bond donors (Lipinski definition) is 1. The van der Waals surface area contributed by atoms with Crippen LogP contribution in [-0.4, -0.2) is 29.2 Å². The zero-order valence-electron chi connectivity index (χ0n) is 8.70. The van der Waals surface area contributed by atoms with Gasteiger partial charge in [-0.15, -0.1) is 0 Å². The molecule has 0 radical (unpaired) electrons. The van der Waals surface area contributed by atoms with Gasteiger partial charge in [-0.2, -0.15) is 18.3 Å². The Morgan fingerprint density at radius 3 is 2.75 bits per heavy atom. The first kappa shape index (κ1) is 13.0. The summed E-state index contributed by atoms with van der Waals surface area (Å²) in [6.45, 7) is -0.195. The lowest BCUT2D eigenvalue weighted by atomic mass is 10.4. The standard InChI is InChI=1S/C9H14F3N3O/c10-9(11,12)7-16-3-1-2-15-6-8(4-13)5-14-15/h5-6H,1-4,7,13H2. The first-order valence-electron chi connectivity index (χ1n) is 4.87. The van der Waals surface area contributed by atoms with Crippen molar-refractivity contribution in [3.63, 3.8) is 0 Å². The van der Waals surface area contributed by atoms with Crippen LogP contribution in [0, 0.1) is 0 Å². The third-order valence-electron chi connectivity index (χ3n) is 1.86. The second-order valence-corrected chi connectivity index (χ2v) is 3.34. The number of alkyl halides is 3. The monoisotopic (exact) mass is 237 g/mol. The molecule has 92 valence electrons. The molecule has 1 heterocycles. The minimum absolute atomic E-state index is 0.0668. The smallest absolute Gasteiger partial charge is 0.372 e. The number of ether oxygens (including phenoxy) is 1. The van der Waals surface area contributed by atoms with Crippen LogP contribution in [0.15, 0.2) is 12.4 Å². The Kier molecular flexibility index (Phi) is 4.75. The van der Waals surface area contributed by atoms with Crippen LogP contribution in [0.1, 0.15) is 12.0 Å². The second kappa shape index (κ2) is 5.86. The maximum Gasteiger partial charge on any atom is 0.411 e. The molecule has 1 rings (SSSR count). The summed E-state index contributed by atoms with van der Waals surface area (Å²) in [6.07, 6.45) is -0.361. The largest absolute Gasteiger partial charge is 0.411 e. The van der Waals surface area contributed by atoms with Crippen molar-refractivity contribution in [2.45, 2.75) is 25.7 Å². The van der Waals surface area contributed by atoms with E-state index in [0.717, 1.165) is 5.56 Å². The molecule has 0 unspecified atom stereocenters. The highest BCUT2D eigenvalue weighted by Crippen LogP contribution is 2.14. The molecule has 0 fully saturated rings. The first-order valence-corrected chi connectivity index (χ1v) is 4.87. The topological polar surface area (TPSA) is 53.1 Å². The molecule has 1 aromatic heterocycles. The van der Waals surface area contributed by atoms with Gasteiger partial charge < -0.3 is 10.5 Å². The van der Waals surface area contributed by atoms with Gasteiger partial charge in [-0.25, -0.2) is 0 Å². The zero-order chi connectivity index (χ0) is 12.0. The molecule has 0 amide bonds. The lowest BCUT2D eigenvalue weighted by Crippen LogP contribution is -2.17. The van der Waals surface area contributed by atoms with Gasteiger partial charge in [-0.3, -0.25) is 4.68 Å². The Labute approximate surface area is 91.2 Å². The maximum atomic E-state index is 11.7. The number of aromatic nitrogens is 2. The molecule has 0 saturated carbocycles. The molecule has 0 saturated heterocycles. The summed E-state index contributed by atoms with van der Waals surface area (Å²) in [5.74, 6) is 0. The van der Waals surface area contributed by atoms with Gasteiger partial charge in [0.05, 0.1) is 6.20 Å². The summed E-state index contributed by atoms with van der Waals surface area (Å²) in [5, 5.41) is 3.99. The highest BCUT2D eigenvalue weighted by molar-refractivity contribution is 5.02. The fourth-order valence-electron chi connectivity index (χ4n) is 1.15. The third kappa shape index (κ3) is 5.13. The van der Waals surface area contributed by atoms with Gasteiger partial charge in [0, 0.05) is 31.5 Å². The number of rotatable bonds is 6. The van der Waals surface area contributed by atoms with E-state index in [1.807, 2.05) is 0 Å². The molecule has 0 aromatic carbocycles. The molecule has 2 N–H and O–H groups in total. The van der Waals surface area contributed by atoms with Crippen molar-refractivity contribution in [3.05, 3.63) is 18.0 Å². The predicted molar refractivity (Wildman–Crippen MR) is 51.6 cm³/mol. The van der Waals surface area contributed by atoms with Gasteiger partial charge in [0.2, 0.25) is 0 Å². The van der Waals surface area contributed by atoms with Crippen molar-refractivity contribution in [1.82, 2.24) is 9.78 Å². The molecular weight excluding hydrogens is 223 g/mol. The summed E-state index contributed by atoms with van der Waals surface area (Å²) in [5.41, 5.74) is 6.28. The number of nitrogens with two attached hydrogens (primary N) is 1. The summed E-state index contributed by atoms with van der Waals surface area (Å²) < 4.78 is 41.2. The summed E-state index contributed by atoms with van der Waals surface area (Å²) in [4.78, 5) is 0.